The standard InChI is InChI=1S/C28H23BO4/c1-27(2)28(3,4)33-29(32-27)18-9-10-19-24(15-18)31-21-11-12-22-26(25(19)21)20-13-16-7-5-6-8-17(16)14-23(20)30-22/h5-15H,1-4H3. The molecule has 33 heavy (non-hydrogen) atoms. The van der Waals surface area contributed by atoms with E-state index in [1.165, 1.54) is 10.8 Å². The first kappa shape index (κ1) is 19.2. The fourth-order valence-corrected chi connectivity index (χ4v) is 4.96. The first-order valence-corrected chi connectivity index (χ1v) is 11.4. The molecule has 5 heteroatoms. The zero-order valence-electron chi connectivity index (χ0n) is 19.1. The van der Waals surface area contributed by atoms with Crippen molar-refractivity contribution in [2.75, 3.05) is 0 Å². The molecular weight excluding hydrogens is 411 g/mol. The Bertz CT molecular complexity index is 1720. The van der Waals surface area contributed by atoms with Gasteiger partial charge in [-0.05, 0) is 74.3 Å². The van der Waals surface area contributed by atoms with Crippen LogP contribution >= 0.6 is 0 Å². The Labute approximate surface area is 191 Å². The van der Waals surface area contributed by atoms with Crippen LogP contribution in [0.2, 0.25) is 0 Å². The molecule has 3 heterocycles. The fourth-order valence-electron chi connectivity index (χ4n) is 4.96. The molecule has 0 spiro atoms. The predicted molar refractivity (Wildman–Crippen MR) is 134 cm³/mol. The monoisotopic (exact) mass is 434 g/mol. The number of hydrogen-bond donors (Lipinski definition) is 0. The maximum atomic E-state index is 6.32. The zero-order valence-corrected chi connectivity index (χ0v) is 19.1. The van der Waals surface area contributed by atoms with Crippen molar-refractivity contribution in [3.8, 4) is 0 Å². The molecule has 1 fully saturated rings. The van der Waals surface area contributed by atoms with Crippen molar-refractivity contribution in [3.63, 3.8) is 0 Å². The van der Waals surface area contributed by atoms with Gasteiger partial charge in [0, 0.05) is 21.5 Å². The van der Waals surface area contributed by atoms with Crippen LogP contribution in [0.4, 0.5) is 0 Å². The van der Waals surface area contributed by atoms with Crippen LogP contribution in [-0.2, 0) is 9.31 Å². The maximum Gasteiger partial charge on any atom is 0.494 e. The van der Waals surface area contributed by atoms with Crippen LogP contribution in [0.3, 0.4) is 0 Å². The Hall–Kier alpha value is -3.28. The smallest absolute Gasteiger partial charge is 0.456 e. The molecule has 7 rings (SSSR count). The van der Waals surface area contributed by atoms with Gasteiger partial charge in [0.2, 0.25) is 0 Å². The van der Waals surface area contributed by atoms with Crippen molar-refractivity contribution in [2.45, 2.75) is 38.9 Å². The van der Waals surface area contributed by atoms with E-state index in [0.29, 0.717) is 0 Å². The summed E-state index contributed by atoms with van der Waals surface area (Å²) in [4.78, 5) is 0. The van der Waals surface area contributed by atoms with Crippen molar-refractivity contribution < 1.29 is 18.1 Å². The molecule has 1 saturated heterocycles. The molecular formula is C28H23BO4. The molecule has 1 aliphatic rings. The van der Waals surface area contributed by atoms with Gasteiger partial charge in [-0.1, -0.05) is 36.4 Å². The van der Waals surface area contributed by atoms with E-state index < -0.39 is 7.12 Å². The summed E-state index contributed by atoms with van der Waals surface area (Å²) in [5.41, 5.74) is 3.61. The van der Waals surface area contributed by atoms with Crippen LogP contribution in [0.1, 0.15) is 27.7 Å². The molecule has 0 bridgehead atoms. The quantitative estimate of drug-likeness (QED) is 0.263. The van der Waals surface area contributed by atoms with Gasteiger partial charge < -0.3 is 18.1 Å². The highest BCUT2D eigenvalue weighted by molar-refractivity contribution is 6.62. The molecule has 1 aliphatic heterocycles. The first-order valence-electron chi connectivity index (χ1n) is 11.4. The summed E-state index contributed by atoms with van der Waals surface area (Å²) >= 11 is 0. The van der Waals surface area contributed by atoms with Gasteiger partial charge in [0.15, 0.2) is 0 Å². The second kappa shape index (κ2) is 6.19. The van der Waals surface area contributed by atoms with Gasteiger partial charge in [0.05, 0.1) is 11.2 Å². The van der Waals surface area contributed by atoms with E-state index in [4.69, 9.17) is 18.1 Å². The van der Waals surface area contributed by atoms with Crippen molar-refractivity contribution in [1.29, 1.82) is 0 Å². The van der Waals surface area contributed by atoms with E-state index in [1.807, 2.05) is 18.2 Å². The topological polar surface area (TPSA) is 44.7 Å². The van der Waals surface area contributed by atoms with Gasteiger partial charge in [-0.25, -0.2) is 0 Å². The molecule has 162 valence electrons. The highest BCUT2D eigenvalue weighted by Crippen LogP contribution is 2.41. The Morgan fingerprint density at radius 2 is 1.15 bits per heavy atom. The second-order valence-corrected chi connectivity index (χ2v) is 10.1. The van der Waals surface area contributed by atoms with Crippen LogP contribution in [0.25, 0.3) is 54.6 Å². The molecule has 0 unspecified atom stereocenters. The van der Waals surface area contributed by atoms with Crippen LogP contribution < -0.4 is 5.46 Å². The predicted octanol–water partition coefficient (Wildman–Crippen LogP) is 6.94. The van der Waals surface area contributed by atoms with E-state index in [0.717, 1.165) is 49.3 Å². The van der Waals surface area contributed by atoms with E-state index in [9.17, 15) is 0 Å². The molecule has 0 radical (unpaired) electrons. The van der Waals surface area contributed by atoms with Gasteiger partial charge in [-0.3, -0.25) is 0 Å². The summed E-state index contributed by atoms with van der Waals surface area (Å²) in [6.07, 6.45) is 0. The SMILES string of the molecule is CC1(C)OB(c2ccc3c(c2)oc2ccc4oc5cc6ccccc6cc5c4c23)OC1(C)C. The number of hydrogen-bond acceptors (Lipinski definition) is 4. The van der Waals surface area contributed by atoms with E-state index in [-0.39, 0.29) is 11.2 Å². The summed E-state index contributed by atoms with van der Waals surface area (Å²) in [6, 6.07) is 22.9. The molecule has 2 aromatic heterocycles. The molecule has 4 aromatic carbocycles. The van der Waals surface area contributed by atoms with E-state index >= 15 is 0 Å². The van der Waals surface area contributed by atoms with Crippen molar-refractivity contribution >= 4 is 67.2 Å². The van der Waals surface area contributed by atoms with E-state index in [2.05, 4.69) is 76.2 Å². The van der Waals surface area contributed by atoms with Crippen LogP contribution in [0.15, 0.2) is 75.6 Å². The number of benzene rings is 4. The van der Waals surface area contributed by atoms with Crippen molar-refractivity contribution in [3.05, 3.63) is 66.7 Å². The Morgan fingerprint density at radius 1 is 0.576 bits per heavy atom. The third kappa shape index (κ3) is 2.61. The summed E-state index contributed by atoms with van der Waals surface area (Å²) < 4.78 is 25.1. The molecule has 6 aromatic rings. The summed E-state index contributed by atoms with van der Waals surface area (Å²) in [7, 11) is -0.422. The lowest BCUT2D eigenvalue weighted by Crippen LogP contribution is -2.41. The molecule has 0 amide bonds. The van der Waals surface area contributed by atoms with Gasteiger partial charge in [-0.15, -0.1) is 0 Å². The van der Waals surface area contributed by atoms with Crippen LogP contribution in [0, 0.1) is 0 Å². The molecule has 0 aliphatic carbocycles. The molecule has 0 saturated carbocycles. The zero-order chi connectivity index (χ0) is 22.5. The Morgan fingerprint density at radius 3 is 1.82 bits per heavy atom. The average molecular weight is 434 g/mol. The van der Waals surface area contributed by atoms with Gasteiger partial charge in [0.25, 0.3) is 0 Å². The van der Waals surface area contributed by atoms with Crippen LogP contribution in [0.5, 0.6) is 0 Å². The summed E-state index contributed by atoms with van der Waals surface area (Å²) in [5, 5.41) is 6.70. The van der Waals surface area contributed by atoms with Gasteiger partial charge >= 0.3 is 7.12 Å². The third-order valence-electron chi connectivity index (χ3n) is 7.49. The van der Waals surface area contributed by atoms with Crippen molar-refractivity contribution in [1.82, 2.24) is 0 Å². The van der Waals surface area contributed by atoms with Gasteiger partial charge in [0.1, 0.15) is 22.3 Å². The molecule has 4 nitrogen and oxygen atoms in total. The van der Waals surface area contributed by atoms with E-state index in [1.54, 1.807) is 0 Å². The number of rotatable bonds is 1. The Balaban J connectivity index is 1.47. The summed E-state index contributed by atoms with van der Waals surface area (Å²) in [5.74, 6) is 0. The second-order valence-electron chi connectivity index (χ2n) is 10.1. The highest BCUT2D eigenvalue weighted by atomic mass is 16.7. The lowest BCUT2D eigenvalue weighted by molar-refractivity contribution is 0.00578. The minimum absolute atomic E-state index is 0.384. The van der Waals surface area contributed by atoms with Crippen LogP contribution in [-0.4, -0.2) is 18.3 Å². The average Bonchev–Trinajstić information content (AvgIpc) is 3.39. The third-order valence-corrected chi connectivity index (χ3v) is 7.49. The minimum atomic E-state index is -0.422. The lowest BCUT2D eigenvalue weighted by atomic mass is 9.79. The number of furan rings is 2. The highest BCUT2D eigenvalue weighted by Gasteiger charge is 2.51. The first-order chi connectivity index (χ1) is 15.8. The minimum Gasteiger partial charge on any atom is -0.456 e. The fraction of sp³-hybridized carbons (Fsp3) is 0.214. The normalized spacial score (nSPS) is 17.9. The van der Waals surface area contributed by atoms with Gasteiger partial charge in [-0.2, -0.15) is 0 Å². The maximum absolute atomic E-state index is 6.32. The van der Waals surface area contributed by atoms with Crippen molar-refractivity contribution in [2.24, 2.45) is 0 Å². The Kier molecular flexibility index (Phi) is 3.60. The summed E-state index contributed by atoms with van der Waals surface area (Å²) in [6.45, 7) is 8.27. The molecule has 0 atom stereocenters. The molecule has 0 N–H and O–H groups in total. The lowest BCUT2D eigenvalue weighted by Gasteiger charge is -2.32. The number of fused-ring (bicyclic) bond motifs is 8. The largest absolute Gasteiger partial charge is 0.494 e.